The number of rotatable bonds is 6. The molecule has 0 bridgehead atoms. The molecule has 1 aliphatic heterocycles. The second-order valence-corrected chi connectivity index (χ2v) is 8.76. The highest BCUT2D eigenvalue weighted by molar-refractivity contribution is 5.93. The molecular weight excluding hydrogens is 445 g/mol. The number of benzene rings is 2. The summed E-state index contributed by atoms with van der Waals surface area (Å²) < 4.78 is 15.1. The highest BCUT2D eigenvalue weighted by Gasteiger charge is 2.19. The average Bonchev–Trinajstić information content (AvgIpc) is 3.49. The third-order valence-corrected chi connectivity index (χ3v) is 6.36. The van der Waals surface area contributed by atoms with Crippen LogP contribution in [0.15, 0.2) is 60.9 Å². The van der Waals surface area contributed by atoms with E-state index in [0.29, 0.717) is 37.0 Å². The van der Waals surface area contributed by atoms with Crippen LogP contribution < -0.4 is 5.32 Å². The number of carbonyl (C=O) groups excluding carboxylic acids is 2. The lowest BCUT2D eigenvalue weighted by atomic mass is 9.97. The number of nitrogens with zero attached hydrogens (tertiary/aromatic N) is 4. The first kappa shape index (κ1) is 22.7. The fraction of sp³-hybridized carbons (Fsp3) is 0.259. The molecule has 2 aromatic carbocycles. The summed E-state index contributed by atoms with van der Waals surface area (Å²) in [5, 5.41) is 7.99. The first-order valence-electron chi connectivity index (χ1n) is 11.8. The average molecular weight is 472 g/mol. The van der Waals surface area contributed by atoms with Crippen LogP contribution in [0, 0.1) is 12.7 Å². The summed E-state index contributed by atoms with van der Waals surface area (Å²) in [5.41, 5.74) is 4.70. The third kappa shape index (κ3) is 4.64. The quantitative estimate of drug-likeness (QED) is 0.410. The van der Waals surface area contributed by atoms with Gasteiger partial charge in [-0.05, 0) is 67.3 Å². The molecule has 3 heterocycles. The van der Waals surface area contributed by atoms with Gasteiger partial charge in [0, 0.05) is 48.8 Å². The predicted molar refractivity (Wildman–Crippen MR) is 132 cm³/mol. The molecule has 1 aliphatic rings. The van der Waals surface area contributed by atoms with Gasteiger partial charge >= 0.3 is 6.03 Å². The van der Waals surface area contributed by atoms with Crippen molar-refractivity contribution in [2.45, 2.75) is 26.2 Å². The van der Waals surface area contributed by atoms with E-state index in [1.807, 2.05) is 35.2 Å². The second-order valence-electron chi connectivity index (χ2n) is 8.76. The van der Waals surface area contributed by atoms with Gasteiger partial charge in [-0.1, -0.05) is 12.1 Å². The maximum absolute atomic E-state index is 13.8. The number of amides is 2. The lowest BCUT2D eigenvalue weighted by Gasteiger charge is -2.15. The zero-order chi connectivity index (χ0) is 24.4. The van der Waals surface area contributed by atoms with E-state index in [0.717, 1.165) is 40.7 Å². The van der Waals surface area contributed by atoms with Crippen molar-refractivity contribution in [1.29, 1.82) is 0 Å². The molecule has 0 aliphatic carbocycles. The highest BCUT2D eigenvalue weighted by atomic mass is 19.1. The lowest BCUT2D eigenvalue weighted by Crippen LogP contribution is -2.33. The van der Waals surface area contributed by atoms with Crippen LogP contribution >= 0.6 is 0 Å². The van der Waals surface area contributed by atoms with Crippen LogP contribution in [0.3, 0.4) is 0 Å². The van der Waals surface area contributed by atoms with Gasteiger partial charge in [-0.3, -0.25) is 9.78 Å². The van der Waals surface area contributed by atoms with Gasteiger partial charge in [0.15, 0.2) is 0 Å². The normalized spacial score (nSPS) is 13.5. The molecule has 1 fully saturated rings. The van der Waals surface area contributed by atoms with Crippen molar-refractivity contribution in [1.82, 2.24) is 25.0 Å². The third-order valence-electron chi connectivity index (χ3n) is 6.36. The lowest BCUT2D eigenvalue weighted by molar-refractivity contribution is -0.127. The molecule has 7 nitrogen and oxygen atoms in total. The minimum absolute atomic E-state index is 0.191. The van der Waals surface area contributed by atoms with Crippen LogP contribution in [0.1, 0.15) is 24.8 Å². The van der Waals surface area contributed by atoms with Gasteiger partial charge in [0.05, 0.1) is 17.4 Å². The summed E-state index contributed by atoms with van der Waals surface area (Å²) in [7, 11) is 0. The van der Waals surface area contributed by atoms with Crippen LogP contribution in [-0.2, 0) is 4.79 Å². The Morgan fingerprint density at radius 1 is 1.14 bits per heavy atom. The van der Waals surface area contributed by atoms with Crippen molar-refractivity contribution < 1.29 is 14.0 Å². The fourth-order valence-corrected chi connectivity index (χ4v) is 4.50. The molecular formula is C27H26FN5O2. The van der Waals surface area contributed by atoms with Crippen molar-refractivity contribution in [3.05, 3.63) is 72.3 Å². The summed E-state index contributed by atoms with van der Waals surface area (Å²) in [6, 6.07) is 14.3. The predicted octanol–water partition coefficient (Wildman–Crippen LogP) is 4.78. The molecule has 0 radical (unpaired) electrons. The van der Waals surface area contributed by atoms with Crippen LogP contribution in [0.4, 0.5) is 9.18 Å². The molecule has 1 N–H and O–H groups in total. The maximum atomic E-state index is 13.8. The SMILES string of the molecule is Cc1cc(-c2ncccc2-c2ccc3c(cnn3C(=O)NCCCN3CCCC3=O)c2)ccc1F. The number of likely N-dealkylation sites (tertiary alicyclic amines) is 1. The van der Waals surface area contributed by atoms with Crippen LogP contribution in [0.25, 0.3) is 33.3 Å². The van der Waals surface area contributed by atoms with Gasteiger partial charge in [0.25, 0.3) is 0 Å². The fourth-order valence-electron chi connectivity index (χ4n) is 4.50. The number of hydrogen-bond donors (Lipinski definition) is 1. The number of nitrogens with one attached hydrogen (secondary N) is 1. The van der Waals surface area contributed by atoms with E-state index in [1.54, 1.807) is 31.5 Å². The number of carbonyl (C=O) groups is 2. The van der Waals surface area contributed by atoms with Crippen LogP contribution in [0.2, 0.25) is 0 Å². The maximum Gasteiger partial charge on any atom is 0.342 e. The minimum atomic E-state index is -0.302. The Kier molecular flexibility index (Phi) is 6.27. The first-order chi connectivity index (χ1) is 17.0. The summed E-state index contributed by atoms with van der Waals surface area (Å²) in [5.74, 6) is -0.0561. The second kappa shape index (κ2) is 9.66. The van der Waals surface area contributed by atoms with Gasteiger partial charge in [0.1, 0.15) is 5.82 Å². The van der Waals surface area contributed by atoms with E-state index >= 15 is 0 Å². The monoisotopic (exact) mass is 471 g/mol. The van der Waals surface area contributed by atoms with Gasteiger partial charge < -0.3 is 10.2 Å². The molecule has 2 aromatic heterocycles. The molecule has 5 rings (SSSR count). The number of aryl methyl sites for hydroxylation is 1. The first-order valence-corrected chi connectivity index (χ1v) is 11.8. The Balaban J connectivity index is 1.33. The molecule has 0 spiro atoms. The van der Waals surface area contributed by atoms with Gasteiger partial charge in [-0.15, -0.1) is 0 Å². The van der Waals surface area contributed by atoms with E-state index in [1.165, 1.54) is 10.7 Å². The van der Waals surface area contributed by atoms with Crippen molar-refractivity contribution in [3.63, 3.8) is 0 Å². The largest absolute Gasteiger partial charge is 0.343 e. The van der Waals surface area contributed by atoms with Gasteiger partial charge in [-0.2, -0.15) is 9.78 Å². The summed E-state index contributed by atoms with van der Waals surface area (Å²) in [4.78, 5) is 30.8. The Morgan fingerprint density at radius 3 is 2.80 bits per heavy atom. The topological polar surface area (TPSA) is 80.1 Å². The Labute approximate surface area is 202 Å². The number of pyridine rings is 1. The van der Waals surface area contributed by atoms with E-state index in [9.17, 15) is 14.0 Å². The zero-order valence-electron chi connectivity index (χ0n) is 19.5. The van der Waals surface area contributed by atoms with Crippen molar-refractivity contribution >= 4 is 22.8 Å². The van der Waals surface area contributed by atoms with Crippen molar-refractivity contribution in [3.8, 4) is 22.4 Å². The summed E-state index contributed by atoms with van der Waals surface area (Å²) >= 11 is 0. The number of halogens is 1. The van der Waals surface area contributed by atoms with Crippen LogP contribution in [0.5, 0.6) is 0 Å². The molecule has 0 unspecified atom stereocenters. The molecule has 8 heteroatoms. The van der Waals surface area contributed by atoms with Crippen LogP contribution in [-0.4, -0.2) is 51.2 Å². The molecule has 0 saturated carbocycles. The number of aromatic nitrogens is 3. The Bertz CT molecular complexity index is 1410. The zero-order valence-corrected chi connectivity index (χ0v) is 19.5. The highest BCUT2D eigenvalue weighted by Crippen LogP contribution is 2.32. The van der Waals surface area contributed by atoms with E-state index in [-0.39, 0.29) is 17.8 Å². The molecule has 4 aromatic rings. The molecule has 178 valence electrons. The van der Waals surface area contributed by atoms with E-state index in [2.05, 4.69) is 15.4 Å². The van der Waals surface area contributed by atoms with Gasteiger partial charge in [-0.25, -0.2) is 9.18 Å². The summed E-state index contributed by atoms with van der Waals surface area (Å²) in [6.07, 6.45) is 5.62. The van der Waals surface area contributed by atoms with Gasteiger partial charge in [0.2, 0.25) is 5.91 Å². The molecule has 2 amide bonds. The van der Waals surface area contributed by atoms with Crippen molar-refractivity contribution in [2.24, 2.45) is 0 Å². The Morgan fingerprint density at radius 2 is 2.00 bits per heavy atom. The number of hydrogen-bond acceptors (Lipinski definition) is 4. The molecule has 1 saturated heterocycles. The molecule has 0 atom stereocenters. The van der Waals surface area contributed by atoms with E-state index in [4.69, 9.17) is 0 Å². The Hall–Kier alpha value is -4.07. The summed E-state index contributed by atoms with van der Waals surface area (Å²) in [6.45, 7) is 3.67. The minimum Gasteiger partial charge on any atom is -0.343 e. The molecule has 35 heavy (non-hydrogen) atoms. The number of fused-ring (bicyclic) bond motifs is 1. The standard InChI is InChI=1S/C27H26FN5O2/c1-18-15-20(7-9-23(18)28)26-22(5-2-11-29-26)19-8-10-24-21(16-19)17-31-33(24)27(35)30-12-4-14-32-13-3-6-25(32)34/h2,5,7-11,15-17H,3-4,6,12-14H2,1H3,(H,30,35). The smallest absolute Gasteiger partial charge is 0.342 e. The van der Waals surface area contributed by atoms with Crippen molar-refractivity contribution in [2.75, 3.05) is 19.6 Å². The van der Waals surface area contributed by atoms with E-state index < -0.39 is 0 Å².